The lowest BCUT2D eigenvalue weighted by Crippen LogP contribution is -2.40. The molecule has 0 aliphatic heterocycles. The Hall–Kier alpha value is -3.07. The van der Waals surface area contributed by atoms with Crippen LogP contribution in [0.4, 0.5) is 10.1 Å². The van der Waals surface area contributed by atoms with Gasteiger partial charge in [0.2, 0.25) is 0 Å². The van der Waals surface area contributed by atoms with Gasteiger partial charge in [-0.25, -0.2) is 4.39 Å². The molecule has 3 aromatic rings. The van der Waals surface area contributed by atoms with Gasteiger partial charge >= 0.3 is 0 Å². The molecule has 0 radical (unpaired) electrons. The summed E-state index contributed by atoms with van der Waals surface area (Å²) in [6.45, 7) is 1.34. The number of benzene rings is 3. The predicted molar refractivity (Wildman–Crippen MR) is 135 cm³/mol. The summed E-state index contributed by atoms with van der Waals surface area (Å²) in [5, 5.41) is 0.243. The molecule has 3 aromatic carbocycles. The van der Waals surface area contributed by atoms with Crippen LogP contribution in [0.3, 0.4) is 0 Å². The maximum atomic E-state index is 14.4. The highest BCUT2D eigenvalue weighted by atomic mass is 35.5. The fourth-order valence-corrected chi connectivity index (χ4v) is 5.00. The van der Waals surface area contributed by atoms with Gasteiger partial charge in [0.25, 0.3) is 16.0 Å². The highest BCUT2D eigenvalue weighted by Crippen LogP contribution is 2.33. The van der Waals surface area contributed by atoms with Crippen LogP contribution in [0.15, 0.2) is 71.6 Å². The quantitative estimate of drug-likeness (QED) is 0.268. The number of amides is 1. The Kier molecular flexibility index (Phi) is 7.88. The lowest BCUT2D eigenvalue weighted by atomic mass is 9.85. The van der Waals surface area contributed by atoms with Crippen LogP contribution in [0.2, 0.25) is 5.02 Å². The lowest BCUT2D eigenvalue weighted by Gasteiger charge is -2.33. The van der Waals surface area contributed by atoms with Crippen molar-refractivity contribution in [2.75, 3.05) is 18.1 Å². The molecule has 0 heterocycles. The number of anilines is 1. The Morgan fingerprint density at radius 3 is 2.36 bits per heavy atom. The Bertz CT molecular complexity index is 1390. The molecule has 0 aromatic heterocycles. The molecule has 6 nitrogen and oxygen atoms in total. The van der Waals surface area contributed by atoms with Gasteiger partial charge in [0.1, 0.15) is 12.4 Å². The summed E-state index contributed by atoms with van der Waals surface area (Å²) in [6.07, 6.45) is 2.82. The first-order valence-electron chi connectivity index (χ1n) is 11.5. The van der Waals surface area contributed by atoms with E-state index in [0.29, 0.717) is 0 Å². The van der Waals surface area contributed by atoms with Crippen molar-refractivity contribution in [2.24, 2.45) is 5.92 Å². The van der Waals surface area contributed by atoms with Crippen LogP contribution in [-0.4, -0.2) is 33.3 Å². The second-order valence-corrected chi connectivity index (χ2v) is 10.9. The van der Waals surface area contributed by atoms with Gasteiger partial charge in [-0.05, 0) is 68.1 Å². The highest BCUT2D eigenvalue weighted by Gasteiger charge is 2.30. The maximum Gasteiger partial charge on any atom is 0.297 e. The molecule has 36 heavy (non-hydrogen) atoms. The van der Waals surface area contributed by atoms with E-state index in [1.165, 1.54) is 53.4 Å². The van der Waals surface area contributed by atoms with Crippen molar-refractivity contribution in [1.29, 1.82) is 0 Å². The summed E-state index contributed by atoms with van der Waals surface area (Å²) in [5.41, 5.74) is 0.990. The zero-order valence-corrected chi connectivity index (χ0v) is 21.2. The Labute approximate surface area is 214 Å². The number of halogens is 2. The van der Waals surface area contributed by atoms with Gasteiger partial charge in [0, 0.05) is 17.1 Å². The molecule has 1 aliphatic carbocycles. The number of hydrogen-bond acceptors (Lipinski definition) is 5. The van der Waals surface area contributed by atoms with Gasteiger partial charge in [-0.3, -0.25) is 13.8 Å². The van der Waals surface area contributed by atoms with Gasteiger partial charge in [-0.1, -0.05) is 47.9 Å². The van der Waals surface area contributed by atoms with E-state index < -0.39 is 34.2 Å². The molecule has 0 bridgehead atoms. The zero-order valence-electron chi connectivity index (χ0n) is 19.6. The molecule has 9 heteroatoms. The first kappa shape index (κ1) is 26.0. The van der Waals surface area contributed by atoms with Gasteiger partial charge in [0.15, 0.2) is 5.78 Å². The molecule has 1 fully saturated rings. The van der Waals surface area contributed by atoms with Crippen molar-refractivity contribution >= 4 is 39.1 Å². The first-order chi connectivity index (χ1) is 17.2. The van der Waals surface area contributed by atoms with E-state index >= 15 is 0 Å². The summed E-state index contributed by atoms with van der Waals surface area (Å²) in [4.78, 5) is 27.9. The summed E-state index contributed by atoms with van der Waals surface area (Å²) in [7, 11) is -4.17. The van der Waals surface area contributed by atoms with Crippen molar-refractivity contribution in [3.05, 3.63) is 94.3 Å². The third-order valence-corrected chi connectivity index (χ3v) is 7.74. The Balaban J connectivity index is 1.65. The molecule has 1 saturated carbocycles. The minimum atomic E-state index is -4.17. The number of aryl methyl sites for hydroxylation is 1. The molecule has 1 amide bonds. The molecule has 0 unspecified atom stereocenters. The van der Waals surface area contributed by atoms with E-state index in [2.05, 4.69) is 0 Å². The van der Waals surface area contributed by atoms with E-state index in [1.54, 1.807) is 18.2 Å². The summed E-state index contributed by atoms with van der Waals surface area (Å²) in [5.74, 6) is -1.78. The van der Waals surface area contributed by atoms with Crippen molar-refractivity contribution in [3.63, 3.8) is 0 Å². The third-order valence-electron chi connectivity index (χ3n) is 6.23. The molecule has 4 rings (SSSR count). The average Bonchev–Trinajstić information content (AvgIpc) is 2.82. The Morgan fingerprint density at radius 1 is 1.03 bits per heavy atom. The number of carbonyl (C=O) groups is 2. The standard InChI is InChI=1S/C27H25ClFNO5S/c1-18-9-12-21(13-10-18)36(33,34)35-17-26(31)30(16-19-5-4-6-19)25-14-11-20(28)15-23(25)27(32)22-7-2-3-8-24(22)29/h2-3,7-15,19H,4-6,16-17H2,1H3. The van der Waals surface area contributed by atoms with Gasteiger partial charge < -0.3 is 4.90 Å². The van der Waals surface area contributed by atoms with Crippen LogP contribution in [0.25, 0.3) is 0 Å². The largest absolute Gasteiger partial charge is 0.309 e. The summed E-state index contributed by atoms with van der Waals surface area (Å²) in [6, 6.07) is 16.1. The van der Waals surface area contributed by atoms with E-state index in [1.807, 2.05) is 6.92 Å². The van der Waals surface area contributed by atoms with Crippen LogP contribution in [0, 0.1) is 18.7 Å². The minimum absolute atomic E-state index is 0.0432. The van der Waals surface area contributed by atoms with Crippen molar-refractivity contribution in [2.45, 2.75) is 31.1 Å². The molecule has 0 spiro atoms. The average molecular weight is 530 g/mol. The number of rotatable bonds is 9. The van der Waals surface area contributed by atoms with Gasteiger partial charge in [0.05, 0.1) is 16.1 Å². The molecular formula is C27H25ClFNO5S. The van der Waals surface area contributed by atoms with E-state index in [-0.39, 0.29) is 39.2 Å². The van der Waals surface area contributed by atoms with E-state index in [9.17, 15) is 22.4 Å². The fraction of sp³-hybridized carbons (Fsp3) is 0.259. The van der Waals surface area contributed by atoms with E-state index in [0.717, 1.165) is 24.8 Å². The van der Waals surface area contributed by atoms with E-state index in [4.69, 9.17) is 15.8 Å². The van der Waals surface area contributed by atoms with Crippen molar-refractivity contribution < 1.29 is 26.6 Å². The Morgan fingerprint density at radius 2 is 1.72 bits per heavy atom. The lowest BCUT2D eigenvalue weighted by molar-refractivity contribution is -0.120. The van der Waals surface area contributed by atoms with Crippen LogP contribution in [0.5, 0.6) is 0 Å². The highest BCUT2D eigenvalue weighted by molar-refractivity contribution is 7.86. The molecule has 1 aliphatic rings. The van der Waals surface area contributed by atoms with Crippen LogP contribution in [-0.2, 0) is 19.1 Å². The van der Waals surface area contributed by atoms with Crippen LogP contribution >= 0.6 is 11.6 Å². The van der Waals surface area contributed by atoms with Crippen molar-refractivity contribution in [1.82, 2.24) is 0 Å². The number of nitrogens with zero attached hydrogens (tertiary/aromatic N) is 1. The molecule has 0 atom stereocenters. The van der Waals surface area contributed by atoms with Crippen LogP contribution in [0.1, 0.15) is 40.7 Å². The molecule has 188 valence electrons. The summed E-state index contributed by atoms with van der Waals surface area (Å²) >= 11 is 6.16. The van der Waals surface area contributed by atoms with Crippen molar-refractivity contribution in [3.8, 4) is 0 Å². The fourth-order valence-electron chi connectivity index (χ4n) is 3.96. The van der Waals surface area contributed by atoms with Crippen LogP contribution < -0.4 is 4.90 Å². The molecule has 0 N–H and O–H groups in total. The molecule has 0 saturated heterocycles. The topological polar surface area (TPSA) is 80.8 Å². The smallest absolute Gasteiger partial charge is 0.297 e. The number of ketones is 1. The SMILES string of the molecule is Cc1ccc(S(=O)(=O)OCC(=O)N(CC2CCC2)c2ccc(Cl)cc2C(=O)c2ccccc2F)cc1. The zero-order chi connectivity index (χ0) is 25.9. The summed E-state index contributed by atoms with van der Waals surface area (Å²) < 4.78 is 44.8. The normalized spacial score (nSPS) is 13.8. The second-order valence-electron chi connectivity index (χ2n) is 8.80. The minimum Gasteiger partial charge on any atom is -0.309 e. The monoisotopic (exact) mass is 529 g/mol. The first-order valence-corrected chi connectivity index (χ1v) is 13.3. The predicted octanol–water partition coefficient (Wildman–Crippen LogP) is 5.56. The van der Waals surface area contributed by atoms with Gasteiger partial charge in [-0.15, -0.1) is 0 Å². The van der Waals surface area contributed by atoms with Gasteiger partial charge in [-0.2, -0.15) is 8.42 Å². The molecular weight excluding hydrogens is 505 g/mol. The second kappa shape index (κ2) is 10.9. The number of hydrogen-bond donors (Lipinski definition) is 0. The maximum absolute atomic E-state index is 14.4. The third kappa shape index (κ3) is 5.83. The number of carbonyl (C=O) groups excluding carboxylic acids is 2.